The highest BCUT2D eigenvalue weighted by atomic mass is 16.5. The molecule has 1 aromatic rings. The Bertz CT molecular complexity index is 407. The van der Waals surface area contributed by atoms with Crippen molar-refractivity contribution < 1.29 is 9.53 Å². The maximum atomic E-state index is 12.1. The Hall–Kier alpha value is -1.51. The molecular formula is C15H23NO2. The van der Waals surface area contributed by atoms with Crippen LogP contribution in [0.4, 0.5) is 0 Å². The molecule has 3 heteroatoms. The van der Waals surface area contributed by atoms with Crippen LogP contribution in [0.1, 0.15) is 39.7 Å². The number of hydrogen-bond acceptors (Lipinski definition) is 2. The number of carbonyl (C=O) groups is 1. The molecule has 0 heterocycles. The second kappa shape index (κ2) is 5.89. The highest BCUT2D eigenvalue weighted by Gasteiger charge is 2.23. The lowest BCUT2D eigenvalue weighted by molar-refractivity contribution is -0.129. The van der Waals surface area contributed by atoms with E-state index in [9.17, 15) is 4.79 Å². The average molecular weight is 249 g/mol. The number of hydrogen-bond donors (Lipinski definition) is 1. The van der Waals surface area contributed by atoms with Crippen molar-refractivity contribution in [2.75, 3.05) is 0 Å². The van der Waals surface area contributed by atoms with Crippen molar-refractivity contribution in [1.82, 2.24) is 5.32 Å². The van der Waals surface area contributed by atoms with Crippen molar-refractivity contribution in [2.45, 2.75) is 52.7 Å². The SMILES string of the molecule is CC[C@@H](Oc1ccccc1C)C(=O)NC(C)(C)C. The molecule has 0 aliphatic carbocycles. The van der Waals surface area contributed by atoms with Crippen molar-refractivity contribution in [1.29, 1.82) is 0 Å². The molecule has 1 N–H and O–H groups in total. The van der Waals surface area contributed by atoms with Crippen LogP contribution in [0.3, 0.4) is 0 Å². The molecule has 0 aromatic heterocycles. The van der Waals surface area contributed by atoms with E-state index < -0.39 is 6.10 Å². The zero-order valence-corrected chi connectivity index (χ0v) is 11.9. The fourth-order valence-corrected chi connectivity index (χ4v) is 1.61. The first kappa shape index (κ1) is 14.6. The zero-order chi connectivity index (χ0) is 13.8. The molecule has 0 unspecified atom stereocenters. The molecule has 0 saturated carbocycles. The fourth-order valence-electron chi connectivity index (χ4n) is 1.61. The van der Waals surface area contributed by atoms with Gasteiger partial charge in [0.15, 0.2) is 6.10 Å². The molecule has 0 aliphatic rings. The van der Waals surface area contributed by atoms with Gasteiger partial charge in [-0.25, -0.2) is 0 Å². The van der Waals surface area contributed by atoms with Crippen molar-refractivity contribution >= 4 is 5.91 Å². The smallest absolute Gasteiger partial charge is 0.261 e. The topological polar surface area (TPSA) is 38.3 Å². The largest absolute Gasteiger partial charge is 0.480 e. The van der Waals surface area contributed by atoms with E-state index >= 15 is 0 Å². The molecule has 1 amide bonds. The van der Waals surface area contributed by atoms with E-state index in [-0.39, 0.29) is 11.4 Å². The molecule has 0 fully saturated rings. The first-order valence-electron chi connectivity index (χ1n) is 6.38. The van der Waals surface area contributed by atoms with E-state index in [4.69, 9.17) is 4.74 Å². The van der Waals surface area contributed by atoms with E-state index in [0.29, 0.717) is 6.42 Å². The molecule has 3 nitrogen and oxygen atoms in total. The van der Waals surface area contributed by atoms with Crippen molar-refractivity contribution in [3.8, 4) is 5.75 Å². The van der Waals surface area contributed by atoms with Gasteiger partial charge in [0, 0.05) is 5.54 Å². The van der Waals surface area contributed by atoms with Crippen molar-refractivity contribution in [3.05, 3.63) is 29.8 Å². The Labute approximate surface area is 110 Å². The molecule has 1 rings (SSSR count). The Balaban J connectivity index is 2.74. The molecule has 1 aromatic carbocycles. The molecule has 0 spiro atoms. The van der Waals surface area contributed by atoms with Gasteiger partial charge in [0.25, 0.3) is 5.91 Å². The molecule has 0 aliphatic heterocycles. The predicted molar refractivity (Wildman–Crippen MR) is 73.8 cm³/mol. The average Bonchev–Trinajstić information content (AvgIpc) is 2.25. The zero-order valence-electron chi connectivity index (χ0n) is 11.9. The lowest BCUT2D eigenvalue weighted by atomic mass is 10.1. The van der Waals surface area contributed by atoms with E-state index in [1.165, 1.54) is 0 Å². The van der Waals surface area contributed by atoms with Crippen molar-refractivity contribution in [3.63, 3.8) is 0 Å². The summed E-state index contributed by atoms with van der Waals surface area (Å²) in [6, 6.07) is 7.74. The van der Waals surface area contributed by atoms with Crippen LogP contribution in [0.25, 0.3) is 0 Å². The lowest BCUT2D eigenvalue weighted by Gasteiger charge is -2.25. The maximum Gasteiger partial charge on any atom is 0.261 e. The second-order valence-electron chi connectivity index (χ2n) is 5.52. The molecule has 0 bridgehead atoms. The first-order valence-corrected chi connectivity index (χ1v) is 6.38. The first-order chi connectivity index (χ1) is 8.33. The summed E-state index contributed by atoms with van der Waals surface area (Å²) in [5.74, 6) is 0.710. The van der Waals surface area contributed by atoms with Crippen LogP contribution in [-0.4, -0.2) is 17.6 Å². The summed E-state index contributed by atoms with van der Waals surface area (Å²) >= 11 is 0. The summed E-state index contributed by atoms with van der Waals surface area (Å²) in [6.07, 6.45) is 0.210. The van der Waals surface area contributed by atoms with Crippen molar-refractivity contribution in [2.24, 2.45) is 0 Å². The highest BCUT2D eigenvalue weighted by molar-refractivity contribution is 5.81. The van der Waals surface area contributed by atoms with Gasteiger partial charge >= 0.3 is 0 Å². The molecule has 1 atom stereocenters. The number of para-hydroxylation sites is 1. The molecule has 0 saturated heterocycles. The summed E-state index contributed by atoms with van der Waals surface area (Å²) in [5, 5.41) is 2.95. The summed E-state index contributed by atoms with van der Waals surface area (Å²) in [5.41, 5.74) is 0.805. The third-order valence-electron chi connectivity index (χ3n) is 2.52. The molecule has 18 heavy (non-hydrogen) atoms. The van der Waals surface area contributed by atoms with Gasteiger partial charge in [0.2, 0.25) is 0 Å². The van der Waals surface area contributed by atoms with Gasteiger partial charge < -0.3 is 10.1 Å². The lowest BCUT2D eigenvalue weighted by Crippen LogP contribution is -2.47. The molecule has 0 radical (unpaired) electrons. The summed E-state index contributed by atoms with van der Waals surface area (Å²) in [4.78, 5) is 12.1. The Morgan fingerprint density at radius 2 is 1.94 bits per heavy atom. The third kappa shape index (κ3) is 4.40. The third-order valence-corrected chi connectivity index (χ3v) is 2.52. The number of carbonyl (C=O) groups excluding carboxylic acids is 1. The quantitative estimate of drug-likeness (QED) is 0.890. The van der Waals surface area contributed by atoms with Gasteiger partial charge in [-0.2, -0.15) is 0 Å². The number of benzene rings is 1. The maximum absolute atomic E-state index is 12.1. The number of ether oxygens (including phenoxy) is 1. The van der Waals surface area contributed by atoms with E-state index in [1.807, 2.05) is 58.9 Å². The van der Waals surface area contributed by atoms with Crippen LogP contribution >= 0.6 is 0 Å². The van der Waals surface area contributed by atoms with Gasteiger partial charge in [-0.15, -0.1) is 0 Å². The van der Waals surface area contributed by atoms with E-state index in [2.05, 4.69) is 5.32 Å². The monoisotopic (exact) mass is 249 g/mol. The highest BCUT2D eigenvalue weighted by Crippen LogP contribution is 2.19. The minimum absolute atomic E-state index is 0.0618. The summed E-state index contributed by atoms with van der Waals surface area (Å²) in [6.45, 7) is 9.82. The Morgan fingerprint density at radius 3 is 2.44 bits per heavy atom. The number of nitrogens with one attached hydrogen (secondary N) is 1. The van der Waals surface area contributed by atoms with Gasteiger partial charge in [-0.05, 0) is 45.7 Å². The Kier molecular flexibility index (Phi) is 4.76. The van der Waals surface area contributed by atoms with Gasteiger partial charge in [-0.3, -0.25) is 4.79 Å². The van der Waals surface area contributed by atoms with Crippen LogP contribution in [0.15, 0.2) is 24.3 Å². The van der Waals surface area contributed by atoms with Crippen LogP contribution in [0.2, 0.25) is 0 Å². The Morgan fingerprint density at radius 1 is 1.33 bits per heavy atom. The summed E-state index contributed by atoms with van der Waals surface area (Å²) in [7, 11) is 0. The second-order valence-corrected chi connectivity index (χ2v) is 5.52. The van der Waals surface area contributed by atoms with Crippen LogP contribution in [0, 0.1) is 6.92 Å². The normalized spacial score (nSPS) is 12.9. The van der Waals surface area contributed by atoms with Crippen LogP contribution in [0.5, 0.6) is 5.75 Å². The minimum atomic E-state index is -0.440. The predicted octanol–water partition coefficient (Wildman–Crippen LogP) is 3.07. The van der Waals surface area contributed by atoms with Gasteiger partial charge in [0.1, 0.15) is 5.75 Å². The number of amides is 1. The van der Waals surface area contributed by atoms with Gasteiger partial charge in [-0.1, -0.05) is 25.1 Å². The molecule has 100 valence electrons. The summed E-state index contributed by atoms with van der Waals surface area (Å²) < 4.78 is 5.79. The van der Waals surface area contributed by atoms with Crippen LogP contribution < -0.4 is 10.1 Å². The van der Waals surface area contributed by atoms with E-state index in [1.54, 1.807) is 0 Å². The van der Waals surface area contributed by atoms with Crippen LogP contribution in [-0.2, 0) is 4.79 Å². The minimum Gasteiger partial charge on any atom is -0.480 e. The standard InChI is InChI=1S/C15H23NO2/c1-6-12(14(17)16-15(3,4)5)18-13-10-8-7-9-11(13)2/h7-10,12H,6H2,1-5H3,(H,16,17)/t12-/m1/s1. The van der Waals surface area contributed by atoms with Gasteiger partial charge in [0.05, 0.1) is 0 Å². The fraction of sp³-hybridized carbons (Fsp3) is 0.533. The van der Waals surface area contributed by atoms with E-state index in [0.717, 1.165) is 11.3 Å². The molecular weight excluding hydrogens is 226 g/mol. The number of aryl methyl sites for hydroxylation is 1. The number of rotatable bonds is 4.